The number of rotatable bonds is 3. The van der Waals surface area contributed by atoms with Crippen LogP contribution in [0.3, 0.4) is 0 Å². The van der Waals surface area contributed by atoms with Gasteiger partial charge in [0.2, 0.25) is 0 Å². The summed E-state index contributed by atoms with van der Waals surface area (Å²) in [7, 11) is 0. The molecule has 0 aliphatic carbocycles. The summed E-state index contributed by atoms with van der Waals surface area (Å²) in [6, 6.07) is 1.03. The molecule has 0 fully saturated rings. The van der Waals surface area contributed by atoms with Crippen LogP contribution in [0.15, 0.2) is 29.4 Å². The first-order valence-electron chi connectivity index (χ1n) is 5.36. The van der Waals surface area contributed by atoms with Gasteiger partial charge in [0.15, 0.2) is 0 Å². The van der Waals surface area contributed by atoms with Crippen molar-refractivity contribution < 1.29 is 9.59 Å². The van der Waals surface area contributed by atoms with Gasteiger partial charge < -0.3 is 4.98 Å². The van der Waals surface area contributed by atoms with Crippen molar-refractivity contribution in [2.24, 2.45) is 0 Å². The van der Waals surface area contributed by atoms with Crippen LogP contribution in [-0.4, -0.2) is 31.6 Å². The van der Waals surface area contributed by atoms with Crippen molar-refractivity contribution in [1.29, 1.82) is 0 Å². The summed E-state index contributed by atoms with van der Waals surface area (Å²) in [4.78, 5) is 29.9. The number of H-pyrrole nitrogens is 1. The van der Waals surface area contributed by atoms with Crippen LogP contribution in [-0.2, 0) is 4.79 Å². The lowest BCUT2D eigenvalue weighted by Gasteiger charge is -2.12. The number of halogens is 1. The van der Waals surface area contributed by atoms with Crippen LogP contribution in [0.2, 0.25) is 0 Å². The molecule has 8 nitrogen and oxygen atoms in total. The number of aromatic amines is 1. The maximum atomic E-state index is 11.7. The number of carbonyl (C=O) groups excluding carboxylic acids is 2. The molecule has 0 bridgehead atoms. The van der Waals surface area contributed by atoms with Gasteiger partial charge in [-0.25, -0.2) is 9.67 Å². The van der Waals surface area contributed by atoms with Crippen molar-refractivity contribution >= 4 is 27.7 Å². The molecule has 2 aromatic heterocycles. The second-order valence-electron chi connectivity index (χ2n) is 3.73. The molecule has 0 aromatic carbocycles. The first kappa shape index (κ1) is 13.3. The average molecular weight is 327 g/mol. The Morgan fingerprint density at radius 3 is 2.84 bits per heavy atom. The molecule has 0 aliphatic rings. The van der Waals surface area contributed by atoms with Crippen LogP contribution in [0.25, 0.3) is 0 Å². The van der Waals surface area contributed by atoms with Gasteiger partial charge in [0.25, 0.3) is 11.8 Å². The molecule has 0 aliphatic heterocycles. The highest BCUT2D eigenvalue weighted by Crippen LogP contribution is 2.10. The fraction of sp³-hybridized carbons (Fsp3) is 0.200. The highest BCUT2D eigenvalue weighted by atomic mass is 79.9. The molecule has 100 valence electrons. The molecule has 0 radical (unpaired) electrons. The zero-order chi connectivity index (χ0) is 13.8. The number of aromatic nitrogens is 4. The van der Waals surface area contributed by atoms with E-state index in [0.717, 1.165) is 4.47 Å². The Morgan fingerprint density at radius 1 is 1.47 bits per heavy atom. The Morgan fingerprint density at radius 2 is 2.26 bits per heavy atom. The predicted molar refractivity (Wildman–Crippen MR) is 68.8 cm³/mol. The van der Waals surface area contributed by atoms with Crippen molar-refractivity contribution in [1.82, 2.24) is 30.6 Å². The molecule has 3 N–H and O–H groups in total. The normalized spacial score (nSPS) is 11.9. The summed E-state index contributed by atoms with van der Waals surface area (Å²) < 4.78 is 2.13. The van der Waals surface area contributed by atoms with E-state index in [4.69, 9.17) is 0 Å². The number of nitrogens with zero attached hydrogens (tertiary/aromatic N) is 3. The smallest absolute Gasteiger partial charge is 0.286 e. The van der Waals surface area contributed by atoms with E-state index in [0.29, 0.717) is 5.69 Å². The molecular formula is C10H11BrN6O2. The first-order valence-corrected chi connectivity index (χ1v) is 6.15. The number of hydrazine groups is 1. The van der Waals surface area contributed by atoms with Crippen molar-refractivity contribution in [2.45, 2.75) is 13.0 Å². The number of hydrogen-bond donors (Lipinski definition) is 3. The Bertz CT molecular complexity index is 579. The Labute approximate surface area is 116 Å². The van der Waals surface area contributed by atoms with Gasteiger partial charge in [-0.15, -0.1) is 0 Å². The van der Waals surface area contributed by atoms with Crippen LogP contribution >= 0.6 is 15.9 Å². The molecule has 0 saturated carbocycles. The average Bonchev–Trinajstić information content (AvgIpc) is 3.05. The Kier molecular flexibility index (Phi) is 3.95. The van der Waals surface area contributed by atoms with Crippen molar-refractivity contribution in [3.8, 4) is 0 Å². The maximum Gasteiger partial charge on any atom is 0.286 e. The van der Waals surface area contributed by atoms with Gasteiger partial charge in [-0.05, 0) is 28.9 Å². The highest BCUT2D eigenvalue weighted by molar-refractivity contribution is 9.10. The lowest BCUT2D eigenvalue weighted by molar-refractivity contribution is -0.124. The fourth-order valence-electron chi connectivity index (χ4n) is 1.33. The summed E-state index contributed by atoms with van der Waals surface area (Å²) in [6.45, 7) is 1.64. The molecule has 2 heterocycles. The molecule has 1 atom stereocenters. The quantitative estimate of drug-likeness (QED) is 0.709. The number of amides is 2. The molecule has 9 heteroatoms. The van der Waals surface area contributed by atoms with Gasteiger partial charge in [-0.3, -0.25) is 20.4 Å². The van der Waals surface area contributed by atoms with E-state index in [2.05, 4.69) is 41.8 Å². The van der Waals surface area contributed by atoms with E-state index in [1.165, 1.54) is 17.3 Å². The molecule has 0 unspecified atom stereocenters. The second kappa shape index (κ2) is 5.65. The molecule has 2 amide bonds. The predicted octanol–water partition coefficient (Wildman–Crippen LogP) is 0.391. The standard InChI is InChI=1S/C10H11BrN6O2/c1-6(17-5-12-4-14-17)9(18)15-16-10(19)8-2-7(11)3-13-8/h2-6,13H,1H3,(H,15,18)(H,16,19)/t6-/m0/s1. The van der Waals surface area contributed by atoms with Gasteiger partial charge in [-0.2, -0.15) is 5.10 Å². The van der Waals surface area contributed by atoms with E-state index >= 15 is 0 Å². The number of carbonyl (C=O) groups is 2. The third-order valence-corrected chi connectivity index (χ3v) is 2.86. The second-order valence-corrected chi connectivity index (χ2v) is 4.64. The lowest BCUT2D eigenvalue weighted by atomic mass is 10.3. The lowest BCUT2D eigenvalue weighted by Crippen LogP contribution is -2.44. The van der Waals surface area contributed by atoms with Crippen molar-refractivity contribution in [3.05, 3.63) is 35.1 Å². The Balaban J connectivity index is 1.88. The summed E-state index contributed by atoms with van der Waals surface area (Å²) in [5.41, 5.74) is 4.95. The first-order chi connectivity index (χ1) is 9.08. The van der Waals surface area contributed by atoms with E-state index in [1.807, 2.05) is 0 Å². The third kappa shape index (κ3) is 3.19. The molecule has 2 aromatic rings. The minimum absolute atomic E-state index is 0.334. The summed E-state index contributed by atoms with van der Waals surface area (Å²) in [5.74, 6) is -0.839. The Hall–Kier alpha value is -2.16. The summed E-state index contributed by atoms with van der Waals surface area (Å²) >= 11 is 3.21. The van der Waals surface area contributed by atoms with Gasteiger partial charge >= 0.3 is 0 Å². The topological polar surface area (TPSA) is 105 Å². The van der Waals surface area contributed by atoms with Crippen LogP contribution < -0.4 is 10.9 Å². The monoisotopic (exact) mass is 326 g/mol. The molecule has 0 spiro atoms. The fourth-order valence-corrected chi connectivity index (χ4v) is 1.67. The minimum Gasteiger partial charge on any atom is -0.356 e. The maximum absolute atomic E-state index is 11.7. The van der Waals surface area contributed by atoms with E-state index in [1.54, 1.807) is 19.2 Å². The molecule has 19 heavy (non-hydrogen) atoms. The minimum atomic E-state index is -0.571. The van der Waals surface area contributed by atoms with E-state index in [9.17, 15) is 9.59 Å². The number of hydrogen-bond acceptors (Lipinski definition) is 4. The van der Waals surface area contributed by atoms with E-state index in [-0.39, 0.29) is 0 Å². The highest BCUT2D eigenvalue weighted by Gasteiger charge is 2.16. The van der Waals surface area contributed by atoms with Crippen LogP contribution in [0.5, 0.6) is 0 Å². The molecular weight excluding hydrogens is 316 g/mol. The van der Waals surface area contributed by atoms with Gasteiger partial charge in [0, 0.05) is 10.7 Å². The SMILES string of the molecule is C[C@@H](C(=O)NNC(=O)c1cc(Br)c[nH]1)n1cncn1. The third-order valence-electron chi connectivity index (χ3n) is 2.40. The van der Waals surface area contributed by atoms with Crippen molar-refractivity contribution in [2.75, 3.05) is 0 Å². The van der Waals surface area contributed by atoms with Gasteiger partial charge in [0.1, 0.15) is 24.4 Å². The zero-order valence-corrected chi connectivity index (χ0v) is 11.5. The van der Waals surface area contributed by atoms with Crippen LogP contribution in [0, 0.1) is 0 Å². The van der Waals surface area contributed by atoms with E-state index < -0.39 is 17.9 Å². The molecule has 2 rings (SSSR count). The summed E-state index contributed by atoms with van der Waals surface area (Å²) in [5, 5.41) is 3.85. The molecule has 0 saturated heterocycles. The summed E-state index contributed by atoms with van der Waals surface area (Å²) in [6.07, 6.45) is 4.38. The van der Waals surface area contributed by atoms with Gasteiger partial charge in [-0.1, -0.05) is 0 Å². The number of nitrogens with one attached hydrogen (secondary N) is 3. The zero-order valence-electron chi connectivity index (χ0n) is 9.92. The van der Waals surface area contributed by atoms with Crippen LogP contribution in [0.4, 0.5) is 0 Å². The van der Waals surface area contributed by atoms with Gasteiger partial charge in [0.05, 0.1) is 0 Å². The van der Waals surface area contributed by atoms with Crippen molar-refractivity contribution in [3.63, 3.8) is 0 Å². The largest absolute Gasteiger partial charge is 0.356 e. The van der Waals surface area contributed by atoms with Crippen LogP contribution in [0.1, 0.15) is 23.5 Å².